The summed E-state index contributed by atoms with van der Waals surface area (Å²) >= 11 is 0. The van der Waals surface area contributed by atoms with Gasteiger partial charge in [0.05, 0.1) is 38.0 Å². The number of methoxy groups -OCH3 is 1. The van der Waals surface area contributed by atoms with Crippen LogP contribution >= 0.6 is 0 Å². The molecule has 26 heavy (non-hydrogen) atoms. The van der Waals surface area contributed by atoms with E-state index in [2.05, 4.69) is 6.07 Å². The molecular weight excluding hydrogens is 332 g/mol. The summed E-state index contributed by atoms with van der Waals surface area (Å²) in [7, 11) is 1.55. The number of morpholine rings is 1. The van der Waals surface area contributed by atoms with Gasteiger partial charge in [0.1, 0.15) is 17.4 Å². The summed E-state index contributed by atoms with van der Waals surface area (Å²) in [6, 6.07) is 7.52. The molecule has 0 saturated carbocycles. The van der Waals surface area contributed by atoms with Gasteiger partial charge in [-0.1, -0.05) is 12.1 Å². The number of amides is 1. The minimum atomic E-state index is -0.534. The van der Waals surface area contributed by atoms with Crippen molar-refractivity contribution in [1.29, 1.82) is 5.26 Å². The first-order chi connectivity index (χ1) is 12.3. The number of nitriles is 1. The molecule has 1 fully saturated rings. The first-order valence-corrected chi connectivity index (χ1v) is 8.70. The van der Waals surface area contributed by atoms with Gasteiger partial charge in [0.25, 0.3) is 0 Å². The number of hydrogen-bond acceptors (Lipinski definition) is 5. The van der Waals surface area contributed by atoms with Crippen LogP contribution in [0, 0.1) is 11.3 Å². The molecule has 3 rings (SSSR count). The van der Waals surface area contributed by atoms with E-state index in [-0.39, 0.29) is 18.2 Å². The van der Waals surface area contributed by atoms with Gasteiger partial charge in [0, 0.05) is 0 Å². The maximum absolute atomic E-state index is 12.6. The lowest BCUT2D eigenvalue weighted by molar-refractivity contribution is -0.0510. The third-order valence-corrected chi connectivity index (χ3v) is 4.49. The lowest BCUT2D eigenvalue weighted by atomic mass is 9.89. The van der Waals surface area contributed by atoms with Crippen LogP contribution in [0.4, 0.5) is 4.79 Å². The summed E-state index contributed by atoms with van der Waals surface area (Å²) in [5, 5.41) is 9.32. The minimum absolute atomic E-state index is 0.0729. The second-order valence-electron chi connectivity index (χ2n) is 7.57. The maximum atomic E-state index is 12.6. The quantitative estimate of drug-likeness (QED) is 0.812. The van der Waals surface area contributed by atoms with Crippen LogP contribution < -0.4 is 4.74 Å². The van der Waals surface area contributed by atoms with Gasteiger partial charge >= 0.3 is 6.09 Å². The molecule has 0 aliphatic carbocycles. The lowest BCUT2D eigenvalue weighted by Gasteiger charge is -2.44. The number of carbonyl (C=O) groups is 1. The predicted octanol–water partition coefficient (Wildman–Crippen LogP) is 3.36. The topological polar surface area (TPSA) is 71.8 Å². The van der Waals surface area contributed by atoms with Crippen molar-refractivity contribution in [3.8, 4) is 11.8 Å². The highest BCUT2D eigenvalue weighted by molar-refractivity contribution is 5.75. The standard InChI is InChI=1S/C20H24N2O4/c1-20(2,3)26-19(23)22-16-8-14(9-17(22)12-25-11-16)13-5-6-18(24-4)15(7-13)10-21/h5-8,16-17H,9,11-12H2,1-4H3. The second-order valence-corrected chi connectivity index (χ2v) is 7.57. The Hall–Kier alpha value is -2.52. The fourth-order valence-electron chi connectivity index (χ4n) is 3.40. The van der Waals surface area contributed by atoms with Crippen molar-refractivity contribution in [2.75, 3.05) is 20.3 Å². The summed E-state index contributed by atoms with van der Waals surface area (Å²) in [6.07, 6.45) is 2.40. The highest BCUT2D eigenvalue weighted by Gasteiger charge is 2.40. The fraction of sp³-hybridized carbons (Fsp3) is 0.500. The zero-order chi connectivity index (χ0) is 18.9. The van der Waals surface area contributed by atoms with E-state index in [0.29, 0.717) is 30.9 Å². The second kappa shape index (κ2) is 7.00. The molecule has 1 aromatic rings. The molecule has 1 amide bonds. The molecule has 2 atom stereocenters. The summed E-state index contributed by atoms with van der Waals surface area (Å²) in [4.78, 5) is 14.4. The molecule has 138 valence electrons. The molecule has 2 unspecified atom stereocenters. The maximum Gasteiger partial charge on any atom is 0.411 e. The monoisotopic (exact) mass is 356 g/mol. The Morgan fingerprint density at radius 2 is 2.12 bits per heavy atom. The average Bonchev–Trinajstić information content (AvgIpc) is 2.58. The highest BCUT2D eigenvalue weighted by Crippen LogP contribution is 2.35. The smallest absolute Gasteiger partial charge is 0.411 e. The first kappa shape index (κ1) is 18.3. The van der Waals surface area contributed by atoms with Crippen LogP contribution in [-0.2, 0) is 9.47 Å². The van der Waals surface area contributed by atoms with Gasteiger partial charge in [-0.3, -0.25) is 4.90 Å². The van der Waals surface area contributed by atoms with Gasteiger partial charge in [-0.25, -0.2) is 4.79 Å². The molecule has 2 bridgehead atoms. The summed E-state index contributed by atoms with van der Waals surface area (Å²) in [6.45, 7) is 6.52. The zero-order valence-corrected chi connectivity index (χ0v) is 15.6. The van der Waals surface area contributed by atoms with Crippen LogP contribution in [0.3, 0.4) is 0 Å². The third-order valence-electron chi connectivity index (χ3n) is 4.49. The Labute approximate surface area is 153 Å². The van der Waals surface area contributed by atoms with Gasteiger partial charge in [0.15, 0.2) is 0 Å². The van der Waals surface area contributed by atoms with E-state index in [4.69, 9.17) is 14.2 Å². The van der Waals surface area contributed by atoms with E-state index in [9.17, 15) is 10.1 Å². The Kier molecular flexibility index (Phi) is 4.92. The number of ether oxygens (including phenoxy) is 3. The van der Waals surface area contributed by atoms with Crippen molar-refractivity contribution in [3.05, 3.63) is 35.4 Å². The molecule has 0 spiro atoms. The van der Waals surface area contributed by atoms with Crippen LogP contribution in [0.15, 0.2) is 24.3 Å². The van der Waals surface area contributed by atoms with Crippen LogP contribution in [-0.4, -0.2) is 49.0 Å². The van der Waals surface area contributed by atoms with Crippen LogP contribution in [0.1, 0.15) is 38.3 Å². The molecular formula is C20H24N2O4. The van der Waals surface area contributed by atoms with Crippen molar-refractivity contribution in [2.24, 2.45) is 0 Å². The van der Waals surface area contributed by atoms with Crippen molar-refractivity contribution < 1.29 is 19.0 Å². The first-order valence-electron chi connectivity index (χ1n) is 8.70. The average molecular weight is 356 g/mol. The van der Waals surface area contributed by atoms with Crippen molar-refractivity contribution in [1.82, 2.24) is 4.90 Å². The lowest BCUT2D eigenvalue weighted by Crippen LogP contribution is -2.57. The van der Waals surface area contributed by atoms with Gasteiger partial charge in [0.2, 0.25) is 0 Å². The van der Waals surface area contributed by atoms with Crippen molar-refractivity contribution in [2.45, 2.75) is 44.9 Å². The molecule has 6 nitrogen and oxygen atoms in total. The fourth-order valence-corrected chi connectivity index (χ4v) is 3.40. The van der Waals surface area contributed by atoms with Crippen molar-refractivity contribution in [3.63, 3.8) is 0 Å². The van der Waals surface area contributed by atoms with E-state index in [1.54, 1.807) is 18.1 Å². The van der Waals surface area contributed by atoms with E-state index >= 15 is 0 Å². The van der Waals surface area contributed by atoms with Crippen LogP contribution in [0.25, 0.3) is 5.57 Å². The molecule has 2 heterocycles. The molecule has 2 aliphatic rings. The largest absolute Gasteiger partial charge is 0.495 e. The minimum Gasteiger partial charge on any atom is -0.495 e. The highest BCUT2D eigenvalue weighted by atomic mass is 16.6. The molecule has 6 heteroatoms. The Morgan fingerprint density at radius 1 is 1.35 bits per heavy atom. The van der Waals surface area contributed by atoms with Gasteiger partial charge in [-0.15, -0.1) is 0 Å². The normalized spacial score (nSPS) is 22.3. The molecule has 1 saturated heterocycles. The van der Waals surface area contributed by atoms with Gasteiger partial charge in [-0.05, 0) is 50.5 Å². The zero-order valence-electron chi connectivity index (χ0n) is 15.6. The molecule has 0 aromatic heterocycles. The number of nitrogens with zero attached hydrogens (tertiary/aromatic N) is 2. The number of fused-ring (bicyclic) bond motifs is 2. The Morgan fingerprint density at radius 3 is 2.73 bits per heavy atom. The molecule has 0 N–H and O–H groups in total. The van der Waals surface area contributed by atoms with Gasteiger partial charge in [-0.2, -0.15) is 5.26 Å². The van der Waals surface area contributed by atoms with Gasteiger partial charge < -0.3 is 14.2 Å². The SMILES string of the molecule is COc1ccc(C2=CC3COCC(C2)N3C(=O)OC(C)(C)C)cc1C#N. The molecule has 2 aliphatic heterocycles. The summed E-state index contributed by atoms with van der Waals surface area (Å²) in [5.74, 6) is 0.562. The molecule has 0 radical (unpaired) electrons. The summed E-state index contributed by atoms with van der Waals surface area (Å²) < 4.78 is 16.4. The summed E-state index contributed by atoms with van der Waals surface area (Å²) in [5.41, 5.74) is 2.06. The van der Waals surface area contributed by atoms with Crippen LogP contribution in [0.5, 0.6) is 5.75 Å². The Balaban J connectivity index is 1.89. The molecule has 1 aromatic carbocycles. The predicted molar refractivity (Wildman–Crippen MR) is 96.8 cm³/mol. The number of hydrogen-bond donors (Lipinski definition) is 0. The number of carbonyl (C=O) groups excluding carboxylic acids is 1. The van der Waals surface area contributed by atoms with E-state index < -0.39 is 5.60 Å². The Bertz CT molecular complexity index is 773. The van der Waals surface area contributed by atoms with E-state index in [0.717, 1.165) is 11.1 Å². The van der Waals surface area contributed by atoms with E-state index in [1.165, 1.54) is 0 Å². The number of benzene rings is 1. The number of rotatable bonds is 2. The van der Waals surface area contributed by atoms with Crippen molar-refractivity contribution >= 4 is 11.7 Å². The van der Waals surface area contributed by atoms with Crippen LogP contribution in [0.2, 0.25) is 0 Å². The van der Waals surface area contributed by atoms with E-state index in [1.807, 2.05) is 39.0 Å². The third kappa shape index (κ3) is 3.68.